The Morgan fingerprint density at radius 2 is 1.75 bits per heavy atom. The van der Waals surface area contributed by atoms with E-state index >= 15 is 0 Å². The number of anilines is 1. The first-order valence-electron chi connectivity index (χ1n) is 6.96. The van der Waals surface area contributed by atoms with Gasteiger partial charge in [-0.1, -0.05) is 48.5 Å². The van der Waals surface area contributed by atoms with Crippen LogP contribution >= 0.6 is 0 Å². The lowest BCUT2D eigenvalue weighted by Crippen LogP contribution is -2.37. The van der Waals surface area contributed by atoms with E-state index in [0.717, 1.165) is 23.2 Å². The average molecular weight is 265 g/mol. The highest BCUT2D eigenvalue weighted by atomic mass is 16.2. The highest BCUT2D eigenvalue weighted by Gasteiger charge is 2.46. The van der Waals surface area contributed by atoms with Gasteiger partial charge in [0.1, 0.15) is 0 Å². The Kier molecular flexibility index (Phi) is 2.89. The van der Waals surface area contributed by atoms with Gasteiger partial charge >= 0.3 is 0 Å². The van der Waals surface area contributed by atoms with Gasteiger partial charge in [-0.3, -0.25) is 4.79 Å². The number of carbonyl (C=O) groups is 1. The summed E-state index contributed by atoms with van der Waals surface area (Å²) in [5.41, 5.74) is 4.13. The molecule has 0 N–H and O–H groups in total. The zero-order chi connectivity index (χ0) is 14.3. The molecule has 2 aromatic carbocycles. The van der Waals surface area contributed by atoms with Crippen LogP contribution in [-0.2, 0) is 16.6 Å². The lowest BCUT2D eigenvalue weighted by molar-refractivity contribution is -0.122. The fraction of sp³-hybridized carbons (Fsp3) is 0.278. The number of hydrogen-bond acceptors (Lipinski definition) is 1. The summed E-state index contributed by atoms with van der Waals surface area (Å²) in [5.74, 6) is 0.186. The van der Waals surface area contributed by atoms with Crippen molar-refractivity contribution >= 4 is 11.6 Å². The van der Waals surface area contributed by atoms with Crippen LogP contribution < -0.4 is 4.90 Å². The third kappa shape index (κ3) is 1.75. The Morgan fingerprint density at radius 1 is 1.05 bits per heavy atom. The van der Waals surface area contributed by atoms with Crippen molar-refractivity contribution in [1.29, 1.82) is 0 Å². The molecule has 1 aliphatic rings. The van der Waals surface area contributed by atoms with Gasteiger partial charge in [0.15, 0.2) is 0 Å². The van der Waals surface area contributed by atoms with E-state index in [9.17, 15) is 4.79 Å². The summed E-state index contributed by atoms with van der Waals surface area (Å²) in [6, 6.07) is 16.4. The van der Waals surface area contributed by atoms with Gasteiger partial charge in [-0.05, 0) is 37.0 Å². The maximum absolute atomic E-state index is 12.8. The second-order valence-corrected chi connectivity index (χ2v) is 5.83. The minimum absolute atomic E-state index is 0.186. The van der Waals surface area contributed by atoms with E-state index in [1.165, 1.54) is 5.56 Å². The van der Waals surface area contributed by atoms with Crippen LogP contribution in [0, 0.1) is 6.92 Å². The van der Waals surface area contributed by atoms with E-state index < -0.39 is 5.41 Å². The molecule has 0 aromatic heterocycles. The zero-order valence-electron chi connectivity index (χ0n) is 12.2. The van der Waals surface area contributed by atoms with E-state index in [1.54, 1.807) is 0 Å². The molecule has 1 aliphatic heterocycles. The first-order valence-corrected chi connectivity index (χ1v) is 6.96. The monoisotopic (exact) mass is 265 g/mol. The van der Waals surface area contributed by atoms with Gasteiger partial charge < -0.3 is 4.90 Å². The topological polar surface area (TPSA) is 20.3 Å². The van der Waals surface area contributed by atoms with E-state index in [4.69, 9.17) is 0 Å². The summed E-state index contributed by atoms with van der Waals surface area (Å²) >= 11 is 0. The van der Waals surface area contributed by atoms with Crippen molar-refractivity contribution in [3.8, 4) is 0 Å². The van der Waals surface area contributed by atoms with Crippen molar-refractivity contribution in [2.24, 2.45) is 0 Å². The number of rotatable bonds is 2. The highest BCUT2D eigenvalue weighted by molar-refractivity contribution is 6.08. The molecule has 0 aliphatic carbocycles. The number of fused-ring (bicyclic) bond motifs is 1. The molecule has 3 rings (SSSR count). The van der Waals surface area contributed by atoms with Crippen molar-refractivity contribution in [2.75, 3.05) is 11.9 Å². The Hall–Kier alpha value is -2.09. The molecule has 0 radical (unpaired) electrons. The molecule has 1 unspecified atom stereocenters. The van der Waals surface area contributed by atoms with Gasteiger partial charge in [-0.2, -0.15) is 0 Å². The van der Waals surface area contributed by atoms with Crippen LogP contribution in [-0.4, -0.2) is 13.0 Å². The molecule has 2 nitrogen and oxygen atoms in total. The molecular formula is C18H19NO. The molecule has 20 heavy (non-hydrogen) atoms. The molecule has 0 saturated carbocycles. The number of likely N-dealkylation sites (N-methyl/N-ethyl adjacent to an activating group) is 1. The molecule has 2 heteroatoms. The maximum atomic E-state index is 12.8. The SMILES string of the molecule is Cc1cccc2c1N(C)C(=O)C2(C)Cc1ccccc1. The minimum atomic E-state index is -0.461. The number of aryl methyl sites for hydroxylation is 1. The summed E-state index contributed by atoms with van der Waals surface area (Å²) < 4.78 is 0. The van der Waals surface area contributed by atoms with Crippen LogP contribution in [0.15, 0.2) is 48.5 Å². The third-order valence-electron chi connectivity index (χ3n) is 4.34. The van der Waals surface area contributed by atoms with E-state index in [2.05, 4.69) is 38.1 Å². The number of para-hydroxylation sites is 1. The maximum Gasteiger partial charge on any atom is 0.237 e. The van der Waals surface area contributed by atoms with Crippen LogP contribution in [0.2, 0.25) is 0 Å². The van der Waals surface area contributed by atoms with Gasteiger partial charge in [-0.25, -0.2) is 0 Å². The molecule has 0 saturated heterocycles. The fourth-order valence-corrected chi connectivity index (χ4v) is 3.31. The molecule has 0 fully saturated rings. The van der Waals surface area contributed by atoms with Crippen molar-refractivity contribution < 1.29 is 4.79 Å². The van der Waals surface area contributed by atoms with Crippen molar-refractivity contribution in [3.05, 3.63) is 65.2 Å². The largest absolute Gasteiger partial charge is 0.314 e. The Morgan fingerprint density at radius 3 is 2.45 bits per heavy atom. The predicted octanol–water partition coefficient (Wildman–Crippen LogP) is 3.47. The van der Waals surface area contributed by atoms with Crippen LogP contribution in [0.3, 0.4) is 0 Å². The van der Waals surface area contributed by atoms with Crippen LogP contribution in [0.5, 0.6) is 0 Å². The van der Waals surface area contributed by atoms with Crippen molar-refractivity contribution in [3.63, 3.8) is 0 Å². The Labute approximate surface area is 120 Å². The smallest absolute Gasteiger partial charge is 0.237 e. The van der Waals surface area contributed by atoms with Crippen LogP contribution in [0.4, 0.5) is 5.69 Å². The summed E-state index contributed by atoms with van der Waals surface area (Å²) in [5, 5.41) is 0. The summed E-state index contributed by atoms with van der Waals surface area (Å²) in [7, 11) is 1.88. The standard InChI is InChI=1S/C18H19NO/c1-13-8-7-11-15-16(13)19(3)17(20)18(15,2)12-14-9-5-4-6-10-14/h4-11H,12H2,1-3H3. The lowest BCUT2D eigenvalue weighted by atomic mass is 9.78. The number of hydrogen-bond donors (Lipinski definition) is 0. The van der Waals surface area contributed by atoms with Crippen molar-refractivity contribution in [1.82, 2.24) is 0 Å². The molecule has 1 atom stereocenters. The first kappa shape index (κ1) is 12.9. The number of nitrogens with zero attached hydrogens (tertiary/aromatic N) is 1. The van der Waals surface area contributed by atoms with Crippen LogP contribution in [0.1, 0.15) is 23.6 Å². The molecule has 1 heterocycles. The summed E-state index contributed by atoms with van der Waals surface area (Å²) in [4.78, 5) is 14.6. The van der Waals surface area contributed by atoms with Crippen molar-refractivity contribution in [2.45, 2.75) is 25.7 Å². The van der Waals surface area contributed by atoms with E-state index in [0.29, 0.717) is 0 Å². The van der Waals surface area contributed by atoms with E-state index in [-0.39, 0.29) is 5.91 Å². The number of amides is 1. The van der Waals surface area contributed by atoms with Gasteiger partial charge in [0.25, 0.3) is 0 Å². The van der Waals surface area contributed by atoms with Crippen LogP contribution in [0.25, 0.3) is 0 Å². The molecule has 2 aromatic rings. The van der Waals surface area contributed by atoms with Gasteiger partial charge in [0.05, 0.1) is 11.1 Å². The molecule has 102 valence electrons. The van der Waals surface area contributed by atoms with Gasteiger partial charge in [0.2, 0.25) is 5.91 Å². The fourth-order valence-electron chi connectivity index (χ4n) is 3.31. The minimum Gasteiger partial charge on any atom is -0.314 e. The number of carbonyl (C=O) groups excluding carboxylic acids is 1. The molecule has 0 bridgehead atoms. The zero-order valence-corrected chi connectivity index (χ0v) is 12.2. The Bertz CT molecular complexity index is 662. The normalized spacial score (nSPS) is 21.1. The number of benzene rings is 2. The molecular weight excluding hydrogens is 246 g/mol. The van der Waals surface area contributed by atoms with E-state index in [1.807, 2.05) is 36.2 Å². The Balaban J connectivity index is 2.10. The van der Waals surface area contributed by atoms with Gasteiger partial charge in [-0.15, -0.1) is 0 Å². The molecule has 0 spiro atoms. The third-order valence-corrected chi connectivity index (χ3v) is 4.34. The molecule has 1 amide bonds. The highest BCUT2D eigenvalue weighted by Crippen LogP contribution is 2.44. The first-order chi connectivity index (χ1) is 9.54. The second kappa shape index (κ2) is 4.48. The second-order valence-electron chi connectivity index (χ2n) is 5.83. The van der Waals surface area contributed by atoms with Gasteiger partial charge in [0, 0.05) is 7.05 Å². The average Bonchev–Trinajstić information content (AvgIpc) is 2.63. The predicted molar refractivity (Wildman–Crippen MR) is 82.1 cm³/mol. The quantitative estimate of drug-likeness (QED) is 0.814. The summed E-state index contributed by atoms with van der Waals surface area (Å²) in [6.45, 7) is 4.13. The lowest BCUT2D eigenvalue weighted by Gasteiger charge is -2.23. The summed E-state index contributed by atoms with van der Waals surface area (Å²) in [6.07, 6.45) is 0.744.